The van der Waals surface area contributed by atoms with Gasteiger partial charge in [0.1, 0.15) is 5.75 Å². The number of urea groups is 1. The first-order chi connectivity index (χ1) is 6.68. The summed E-state index contributed by atoms with van der Waals surface area (Å²) in [5.74, 6) is 0.909. The molecular formula is C10H12N2O2. The highest BCUT2D eigenvalue weighted by Crippen LogP contribution is 2.28. The van der Waals surface area contributed by atoms with Gasteiger partial charge in [0.25, 0.3) is 0 Å². The largest absolute Gasteiger partial charge is 0.493 e. The number of carbonyl (C=O) groups is 1. The Morgan fingerprint density at radius 1 is 1.57 bits per heavy atom. The Labute approximate surface area is 82.3 Å². The monoisotopic (exact) mass is 192 g/mol. The van der Waals surface area contributed by atoms with Crippen LogP contribution in [0.15, 0.2) is 18.2 Å². The van der Waals surface area contributed by atoms with Crippen molar-refractivity contribution in [2.45, 2.75) is 6.42 Å². The van der Waals surface area contributed by atoms with Crippen LogP contribution in [0.1, 0.15) is 5.56 Å². The van der Waals surface area contributed by atoms with Crippen LogP contribution in [0.25, 0.3) is 0 Å². The van der Waals surface area contributed by atoms with Crippen molar-refractivity contribution in [3.05, 3.63) is 23.8 Å². The molecule has 4 heteroatoms. The van der Waals surface area contributed by atoms with Crippen molar-refractivity contribution >= 4 is 11.7 Å². The van der Waals surface area contributed by atoms with Crippen LogP contribution in [0.5, 0.6) is 5.75 Å². The van der Waals surface area contributed by atoms with Crippen LogP contribution >= 0.6 is 0 Å². The van der Waals surface area contributed by atoms with Gasteiger partial charge >= 0.3 is 6.03 Å². The average Bonchev–Trinajstić information content (AvgIpc) is 2.62. The van der Waals surface area contributed by atoms with Gasteiger partial charge in [-0.3, -0.25) is 4.90 Å². The number of amides is 2. The zero-order valence-electron chi connectivity index (χ0n) is 7.99. The van der Waals surface area contributed by atoms with Crippen LogP contribution in [0.4, 0.5) is 10.5 Å². The second-order valence-electron chi connectivity index (χ2n) is 3.29. The molecule has 1 heterocycles. The molecule has 0 saturated heterocycles. The minimum Gasteiger partial charge on any atom is -0.493 e. The van der Waals surface area contributed by atoms with Crippen molar-refractivity contribution in [1.29, 1.82) is 0 Å². The lowest BCUT2D eigenvalue weighted by molar-refractivity contribution is 0.255. The Morgan fingerprint density at radius 3 is 3.07 bits per heavy atom. The van der Waals surface area contributed by atoms with E-state index in [2.05, 4.69) is 0 Å². The molecule has 1 aliphatic heterocycles. The molecule has 14 heavy (non-hydrogen) atoms. The maximum atomic E-state index is 10.9. The fourth-order valence-electron chi connectivity index (χ4n) is 1.51. The molecule has 0 unspecified atom stereocenters. The fraction of sp³-hybridized carbons (Fsp3) is 0.300. The number of hydrogen-bond acceptors (Lipinski definition) is 2. The molecule has 2 rings (SSSR count). The van der Waals surface area contributed by atoms with E-state index in [1.165, 1.54) is 4.90 Å². The number of ether oxygens (including phenoxy) is 1. The fourth-order valence-corrected chi connectivity index (χ4v) is 1.51. The van der Waals surface area contributed by atoms with Crippen LogP contribution in [0, 0.1) is 0 Å². The Morgan fingerprint density at radius 2 is 2.36 bits per heavy atom. The predicted molar refractivity (Wildman–Crippen MR) is 53.6 cm³/mol. The third-order valence-corrected chi connectivity index (χ3v) is 2.39. The summed E-state index contributed by atoms with van der Waals surface area (Å²) in [7, 11) is 1.65. The van der Waals surface area contributed by atoms with Gasteiger partial charge in [0, 0.05) is 19.2 Å². The lowest BCUT2D eigenvalue weighted by Crippen LogP contribution is -2.31. The highest BCUT2D eigenvalue weighted by Gasteiger charge is 2.14. The molecule has 0 fully saturated rings. The molecule has 0 aliphatic carbocycles. The van der Waals surface area contributed by atoms with Gasteiger partial charge in [-0.2, -0.15) is 0 Å². The number of fused-ring (bicyclic) bond motifs is 1. The smallest absolute Gasteiger partial charge is 0.318 e. The Kier molecular flexibility index (Phi) is 2.04. The maximum absolute atomic E-state index is 10.9. The molecule has 2 amide bonds. The maximum Gasteiger partial charge on any atom is 0.318 e. The summed E-state index contributed by atoms with van der Waals surface area (Å²) in [5, 5.41) is 0. The number of primary amides is 1. The summed E-state index contributed by atoms with van der Waals surface area (Å²) in [4.78, 5) is 12.3. The van der Waals surface area contributed by atoms with Crippen LogP contribution < -0.4 is 15.4 Å². The van der Waals surface area contributed by atoms with Crippen LogP contribution in [-0.2, 0) is 6.42 Å². The van der Waals surface area contributed by atoms with E-state index in [0.29, 0.717) is 0 Å². The van der Waals surface area contributed by atoms with Crippen molar-refractivity contribution in [3.8, 4) is 5.75 Å². The molecule has 1 aliphatic rings. The van der Waals surface area contributed by atoms with Crippen molar-refractivity contribution < 1.29 is 9.53 Å². The summed E-state index contributed by atoms with van der Waals surface area (Å²) in [6.07, 6.45) is 0.899. The molecule has 0 spiro atoms. The number of rotatable bonds is 1. The third-order valence-electron chi connectivity index (χ3n) is 2.39. The van der Waals surface area contributed by atoms with Gasteiger partial charge in [-0.15, -0.1) is 0 Å². The van der Waals surface area contributed by atoms with Crippen molar-refractivity contribution in [2.24, 2.45) is 5.73 Å². The first-order valence-corrected chi connectivity index (χ1v) is 4.47. The molecule has 1 aromatic rings. The Balaban J connectivity index is 2.33. The van der Waals surface area contributed by atoms with E-state index in [1.54, 1.807) is 7.05 Å². The van der Waals surface area contributed by atoms with E-state index < -0.39 is 6.03 Å². The van der Waals surface area contributed by atoms with E-state index >= 15 is 0 Å². The van der Waals surface area contributed by atoms with Crippen LogP contribution in [0.3, 0.4) is 0 Å². The first kappa shape index (κ1) is 8.87. The molecule has 0 saturated carbocycles. The number of nitrogens with two attached hydrogens (primary N) is 1. The molecular weight excluding hydrogens is 180 g/mol. The van der Waals surface area contributed by atoms with E-state index in [1.807, 2.05) is 18.2 Å². The summed E-state index contributed by atoms with van der Waals surface area (Å²) in [6, 6.07) is 5.18. The number of carbonyl (C=O) groups excluding carboxylic acids is 1. The zero-order chi connectivity index (χ0) is 10.1. The standard InChI is InChI=1S/C10H12N2O2/c1-12(10(11)13)8-2-3-9-7(6-8)4-5-14-9/h2-3,6H,4-5H2,1H3,(H2,11,13). The van der Waals surface area contributed by atoms with Gasteiger partial charge in [0.05, 0.1) is 6.61 Å². The second-order valence-corrected chi connectivity index (χ2v) is 3.29. The first-order valence-electron chi connectivity index (χ1n) is 4.47. The number of nitrogens with zero attached hydrogens (tertiary/aromatic N) is 1. The number of hydrogen-bond donors (Lipinski definition) is 1. The van der Waals surface area contributed by atoms with Crippen molar-refractivity contribution in [1.82, 2.24) is 0 Å². The van der Waals surface area contributed by atoms with Crippen molar-refractivity contribution in [2.75, 3.05) is 18.6 Å². The lowest BCUT2D eigenvalue weighted by Gasteiger charge is -2.14. The molecule has 1 aromatic carbocycles. The van der Waals surface area contributed by atoms with Gasteiger partial charge < -0.3 is 10.5 Å². The highest BCUT2D eigenvalue weighted by molar-refractivity contribution is 5.90. The molecule has 0 bridgehead atoms. The normalized spacial score (nSPS) is 13.2. The van der Waals surface area contributed by atoms with Gasteiger partial charge in [-0.25, -0.2) is 4.79 Å². The molecule has 0 aromatic heterocycles. The quantitative estimate of drug-likeness (QED) is 0.725. The third kappa shape index (κ3) is 1.39. The Bertz CT molecular complexity index is 376. The van der Waals surface area contributed by atoms with Gasteiger partial charge in [-0.1, -0.05) is 0 Å². The Hall–Kier alpha value is -1.71. The summed E-state index contributed by atoms with van der Waals surface area (Å²) in [5.41, 5.74) is 7.11. The van der Waals surface area contributed by atoms with Crippen molar-refractivity contribution in [3.63, 3.8) is 0 Å². The minimum atomic E-state index is -0.455. The van der Waals surface area contributed by atoms with Gasteiger partial charge in [0.15, 0.2) is 0 Å². The predicted octanol–water partition coefficient (Wildman–Crippen LogP) is 1.14. The summed E-state index contributed by atoms with van der Waals surface area (Å²) >= 11 is 0. The average molecular weight is 192 g/mol. The SMILES string of the molecule is CN(C(N)=O)c1ccc2c(c1)CCO2. The summed E-state index contributed by atoms with van der Waals surface area (Å²) < 4.78 is 5.36. The number of benzene rings is 1. The van der Waals surface area contributed by atoms with E-state index in [0.717, 1.165) is 30.0 Å². The van der Waals surface area contributed by atoms with E-state index in [9.17, 15) is 4.79 Å². The van der Waals surface area contributed by atoms with Gasteiger partial charge in [-0.05, 0) is 23.8 Å². The minimum absolute atomic E-state index is 0.455. The van der Waals surface area contributed by atoms with E-state index in [4.69, 9.17) is 10.5 Å². The van der Waals surface area contributed by atoms with Crippen LogP contribution in [-0.4, -0.2) is 19.7 Å². The molecule has 2 N–H and O–H groups in total. The zero-order valence-corrected chi connectivity index (χ0v) is 7.99. The number of anilines is 1. The molecule has 4 nitrogen and oxygen atoms in total. The molecule has 0 atom stereocenters. The van der Waals surface area contributed by atoms with Gasteiger partial charge in [0.2, 0.25) is 0 Å². The lowest BCUT2D eigenvalue weighted by atomic mass is 10.1. The summed E-state index contributed by atoms with van der Waals surface area (Å²) in [6.45, 7) is 0.721. The second kappa shape index (κ2) is 3.21. The molecule has 0 radical (unpaired) electrons. The van der Waals surface area contributed by atoms with Crippen LogP contribution in [0.2, 0.25) is 0 Å². The molecule has 74 valence electrons. The highest BCUT2D eigenvalue weighted by atomic mass is 16.5. The topological polar surface area (TPSA) is 55.6 Å². The van der Waals surface area contributed by atoms with E-state index in [-0.39, 0.29) is 0 Å².